The second-order valence-electron chi connectivity index (χ2n) is 18.0. The number of nitrogens with one attached hydrogen (secondary N) is 3. The minimum Gasteiger partial charge on any atom is -0.393 e. The Balaban J connectivity index is 0.735. The van der Waals surface area contributed by atoms with E-state index in [-0.39, 0.29) is 40.3 Å². The van der Waals surface area contributed by atoms with Crippen LogP contribution in [0.15, 0.2) is 41.7 Å². The van der Waals surface area contributed by atoms with Crippen LogP contribution in [0.5, 0.6) is 0 Å². The number of aliphatic hydroxyl groups is 2. The first kappa shape index (κ1) is 41.0. The van der Waals surface area contributed by atoms with Gasteiger partial charge in [0.2, 0.25) is 27.8 Å². The summed E-state index contributed by atoms with van der Waals surface area (Å²) in [6.07, 6.45) is 13.0. The molecular weight excluding hydrogens is 787 g/mol. The third kappa shape index (κ3) is 8.08. The van der Waals surface area contributed by atoms with E-state index in [0.717, 1.165) is 87.2 Å². The van der Waals surface area contributed by atoms with Gasteiger partial charge in [0.1, 0.15) is 23.0 Å². The number of aromatic nitrogens is 4. The number of benzene rings is 1. The Kier molecular flexibility index (Phi) is 11.3. The van der Waals surface area contributed by atoms with Gasteiger partial charge in [-0.25, -0.2) is 13.4 Å². The van der Waals surface area contributed by atoms with Gasteiger partial charge in [0, 0.05) is 92.0 Å². The molecule has 5 N–H and O–H groups in total. The molecule has 17 nitrogen and oxygen atoms in total. The largest absolute Gasteiger partial charge is 0.393 e. The van der Waals surface area contributed by atoms with Crippen molar-refractivity contribution in [2.45, 2.75) is 137 Å². The number of anilines is 4. The number of piperidine rings is 3. The smallest absolute Gasteiger partial charge is 0.249 e. The van der Waals surface area contributed by atoms with Crippen molar-refractivity contribution in [3.8, 4) is 0 Å². The van der Waals surface area contributed by atoms with Crippen LogP contribution in [0.2, 0.25) is 0 Å². The van der Waals surface area contributed by atoms with E-state index < -0.39 is 22.3 Å². The van der Waals surface area contributed by atoms with Crippen LogP contribution in [0, 0.1) is 6.92 Å². The molecule has 0 bridgehead atoms. The van der Waals surface area contributed by atoms with E-state index in [2.05, 4.69) is 61.9 Å². The Morgan fingerprint density at radius 1 is 0.983 bits per heavy atom. The number of carbonyl (C=O) groups is 2. The van der Waals surface area contributed by atoms with Gasteiger partial charge in [0.25, 0.3) is 0 Å². The molecule has 2 aromatic heterocycles. The number of nitrogens with zero attached hydrogens (tertiary/aromatic N) is 8. The highest BCUT2D eigenvalue weighted by Crippen LogP contribution is 2.60. The van der Waals surface area contributed by atoms with Gasteiger partial charge in [0.15, 0.2) is 0 Å². The summed E-state index contributed by atoms with van der Waals surface area (Å²) in [6.45, 7) is 5.98. The molecule has 3 unspecified atom stereocenters. The number of likely N-dealkylation sites (N-methyl/N-ethyl adjacent to an activating group) is 1. The minimum absolute atomic E-state index is 0.00420. The minimum atomic E-state index is -3.71. The summed E-state index contributed by atoms with van der Waals surface area (Å²) < 4.78 is 30.7. The molecule has 9 rings (SSSR count). The van der Waals surface area contributed by atoms with Gasteiger partial charge in [0.05, 0.1) is 18.8 Å². The molecule has 2 saturated carbocycles. The van der Waals surface area contributed by atoms with Crippen LogP contribution in [-0.4, -0.2) is 136 Å². The molecule has 1 aromatic carbocycles. The van der Waals surface area contributed by atoms with Crippen LogP contribution in [0.3, 0.4) is 0 Å². The van der Waals surface area contributed by atoms with Crippen molar-refractivity contribution >= 4 is 45.0 Å². The molecule has 0 radical (unpaired) electrons. The second-order valence-corrected chi connectivity index (χ2v) is 19.9. The zero-order valence-corrected chi connectivity index (χ0v) is 35.5. The van der Waals surface area contributed by atoms with E-state index in [1.165, 1.54) is 11.9 Å². The van der Waals surface area contributed by atoms with Crippen molar-refractivity contribution in [3.05, 3.63) is 47.9 Å². The lowest BCUT2D eigenvalue weighted by molar-refractivity contribution is -0.133. The van der Waals surface area contributed by atoms with Gasteiger partial charge in [-0.2, -0.15) is 14.4 Å². The molecule has 3 aromatic rings. The molecule has 6 aliphatic rings. The van der Waals surface area contributed by atoms with E-state index >= 15 is 0 Å². The van der Waals surface area contributed by atoms with E-state index in [4.69, 9.17) is 4.98 Å². The maximum absolute atomic E-state index is 13.7. The summed E-state index contributed by atoms with van der Waals surface area (Å²) in [5.41, 5.74) is 3.87. The topological polar surface area (TPSA) is 201 Å². The maximum atomic E-state index is 13.7. The molecule has 324 valence electrons. The lowest BCUT2D eigenvalue weighted by Crippen LogP contribution is -2.47. The second kappa shape index (κ2) is 16.5. The highest BCUT2D eigenvalue weighted by atomic mass is 32.2. The molecule has 60 heavy (non-hydrogen) atoms. The molecule has 1 spiro atoms. The molecule has 3 saturated heterocycles. The zero-order chi connectivity index (χ0) is 41.8. The fourth-order valence-corrected chi connectivity index (χ4v) is 11.7. The first-order valence-corrected chi connectivity index (χ1v) is 23.3. The fourth-order valence-electron chi connectivity index (χ4n) is 10.2. The van der Waals surface area contributed by atoms with Crippen LogP contribution < -0.4 is 25.8 Å². The Hall–Kier alpha value is -4.36. The molecule has 5 fully saturated rings. The lowest BCUT2D eigenvalue weighted by Gasteiger charge is -2.38. The predicted octanol–water partition coefficient (Wildman–Crippen LogP) is 2.54. The number of rotatable bonds is 12. The predicted molar refractivity (Wildman–Crippen MR) is 226 cm³/mol. The van der Waals surface area contributed by atoms with Crippen molar-refractivity contribution < 1.29 is 28.2 Å². The van der Waals surface area contributed by atoms with Crippen molar-refractivity contribution in [3.63, 3.8) is 0 Å². The van der Waals surface area contributed by atoms with E-state index in [1.54, 1.807) is 15.2 Å². The summed E-state index contributed by atoms with van der Waals surface area (Å²) in [7, 11) is -1.58. The molecule has 4 aliphatic heterocycles. The van der Waals surface area contributed by atoms with Gasteiger partial charge in [-0.15, -0.1) is 0 Å². The van der Waals surface area contributed by atoms with Gasteiger partial charge < -0.3 is 35.5 Å². The Labute approximate surface area is 352 Å². The summed E-state index contributed by atoms with van der Waals surface area (Å²) in [6, 6.07) is 6.20. The number of imide groups is 1. The van der Waals surface area contributed by atoms with Crippen LogP contribution >= 0.6 is 0 Å². The quantitative estimate of drug-likeness (QED) is 0.167. The van der Waals surface area contributed by atoms with Gasteiger partial charge in [-0.1, -0.05) is 0 Å². The summed E-state index contributed by atoms with van der Waals surface area (Å²) in [5.74, 6) is 0.754. The normalized spacial score (nSPS) is 26.4. The molecule has 2 amide bonds. The molecule has 2 aliphatic carbocycles. The molecule has 18 heteroatoms. The summed E-state index contributed by atoms with van der Waals surface area (Å²) in [5, 5.41) is 35.4. The van der Waals surface area contributed by atoms with Gasteiger partial charge in [-0.05, 0) is 108 Å². The third-order valence-electron chi connectivity index (χ3n) is 14.0. The SMILES string of the molecule is Cc1cc(NC2CCC(=O)NC2=O)ccc1N1CCC(N(C)CCn2cc(S(=O)(=O)N3CCC(Nc4ncc5c(n4)N(C4CCC[C@@H](O)C4)C(O)C54CC4)CC3)cn2)CC1. The average Bonchev–Trinajstić information content (AvgIpc) is 3.83. The van der Waals surface area contributed by atoms with Crippen LogP contribution in [0.25, 0.3) is 0 Å². The Bertz CT molecular complexity index is 2180. The van der Waals surface area contributed by atoms with Crippen molar-refractivity contribution in [2.75, 3.05) is 60.2 Å². The number of carbonyl (C=O) groups excluding carboxylic acids is 2. The van der Waals surface area contributed by atoms with Crippen molar-refractivity contribution in [1.29, 1.82) is 0 Å². The van der Waals surface area contributed by atoms with Crippen LogP contribution in [0.4, 0.5) is 23.1 Å². The number of amides is 2. The third-order valence-corrected chi connectivity index (χ3v) is 15.9. The number of fused-ring (bicyclic) bond motifs is 2. The van der Waals surface area contributed by atoms with Crippen molar-refractivity contribution in [2.24, 2.45) is 0 Å². The molecule has 6 heterocycles. The standard InChI is InChI=1S/C42H59N11O6S/c1-27-22-29(45-35-7-9-37(55)47-39(35)56)6-8-36(27)50-16-12-30(13-17-50)49(2)20-21-51-26-33(24-44-51)60(58,59)52-18-10-28(11-19-52)46-41-43-25-34-38(48-41)53(40(57)42(34)14-15-42)31-4-3-5-32(54)23-31/h6,8,22,24-26,28,30-32,35,40,45,54,57H,3-5,7,9-21,23H2,1-2H3,(H,43,46,48)(H,47,55,56)/t31?,32-,35?,40?/m1/s1. The fraction of sp³-hybridized carbons (Fsp3) is 0.643. The van der Waals surface area contributed by atoms with E-state index in [0.29, 0.717) is 63.7 Å². The average molecular weight is 846 g/mol. The Morgan fingerprint density at radius 3 is 2.48 bits per heavy atom. The number of aryl methyl sites for hydroxylation is 1. The van der Waals surface area contributed by atoms with E-state index in [9.17, 15) is 28.2 Å². The number of hydrogen-bond acceptors (Lipinski definition) is 14. The first-order valence-electron chi connectivity index (χ1n) is 21.9. The number of sulfonamides is 1. The molecule has 4 atom stereocenters. The highest BCUT2D eigenvalue weighted by Gasteiger charge is 2.61. The lowest BCUT2D eigenvalue weighted by atomic mass is 9.91. The van der Waals surface area contributed by atoms with Crippen LogP contribution in [0.1, 0.15) is 88.2 Å². The number of hydrogen-bond donors (Lipinski definition) is 5. The van der Waals surface area contributed by atoms with Crippen LogP contribution in [-0.2, 0) is 31.6 Å². The monoisotopic (exact) mass is 845 g/mol. The first-order chi connectivity index (χ1) is 28.9. The Morgan fingerprint density at radius 2 is 1.77 bits per heavy atom. The van der Waals surface area contributed by atoms with E-state index in [1.807, 2.05) is 17.2 Å². The molecular formula is C42H59N11O6S. The van der Waals surface area contributed by atoms with Crippen molar-refractivity contribution in [1.82, 2.24) is 34.3 Å². The maximum Gasteiger partial charge on any atom is 0.249 e. The number of aliphatic hydroxyl groups excluding tert-OH is 2. The summed E-state index contributed by atoms with van der Waals surface area (Å²) in [4.78, 5) is 40.3. The van der Waals surface area contributed by atoms with Gasteiger partial charge in [-0.3, -0.25) is 19.6 Å². The highest BCUT2D eigenvalue weighted by molar-refractivity contribution is 7.89. The summed E-state index contributed by atoms with van der Waals surface area (Å²) >= 11 is 0. The zero-order valence-electron chi connectivity index (χ0n) is 34.7. The van der Waals surface area contributed by atoms with Gasteiger partial charge >= 0.3 is 0 Å².